The van der Waals surface area contributed by atoms with Crippen molar-refractivity contribution in [3.05, 3.63) is 35.4 Å². The molecule has 0 aromatic carbocycles. The van der Waals surface area contributed by atoms with Crippen molar-refractivity contribution < 1.29 is 9.21 Å². The van der Waals surface area contributed by atoms with E-state index in [1.165, 1.54) is 11.8 Å². The van der Waals surface area contributed by atoms with E-state index in [2.05, 4.69) is 22.2 Å². The molecule has 1 amide bonds. The number of aryl methyl sites for hydroxylation is 1. The molecule has 1 fully saturated rings. The van der Waals surface area contributed by atoms with Crippen LogP contribution in [-0.4, -0.2) is 36.0 Å². The molecule has 1 aliphatic rings. The average Bonchev–Trinajstić information content (AvgIpc) is 3.25. The Hall–Kier alpha value is -2.02. The van der Waals surface area contributed by atoms with Crippen molar-refractivity contribution in [1.29, 1.82) is 0 Å². The number of furan rings is 1. The summed E-state index contributed by atoms with van der Waals surface area (Å²) in [6.07, 6.45) is 2.99. The third-order valence-corrected chi connectivity index (χ3v) is 4.58. The number of amides is 1. The van der Waals surface area contributed by atoms with E-state index in [0.29, 0.717) is 17.6 Å². The number of carbonyl (C=O) groups is 1. The van der Waals surface area contributed by atoms with Crippen LogP contribution < -0.4 is 10.2 Å². The molecular weight excluding hydrogens is 324 g/mol. The summed E-state index contributed by atoms with van der Waals surface area (Å²) in [5.41, 5.74) is 1.01. The van der Waals surface area contributed by atoms with Gasteiger partial charge in [-0.1, -0.05) is 18.7 Å². The van der Waals surface area contributed by atoms with E-state index in [-0.39, 0.29) is 5.91 Å². The van der Waals surface area contributed by atoms with Crippen molar-refractivity contribution in [3.8, 4) is 0 Å². The number of nitrogens with zero attached hydrogens (tertiary/aromatic N) is 3. The van der Waals surface area contributed by atoms with Gasteiger partial charge in [0, 0.05) is 31.9 Å². The van der Waals surface area contributed by atoms with E-state index >= 15 is 0 Å². The van der Waals surface area contributed by atoms with Crippen molar-refractivity contribution in [2.24, 2.45) is 0 Å². The minimum atomic E-state index is -0.132. The van der Waals surface area contributed by atoms with Crippen LogP contribution in [0, 0.1) is 0 Å². The minimum Gasteiger partial charge on any atom is -0.455 e. The molecule has 6 nitrogen and oxygen atoms in total. The molecule has 0 atom stereocenters. The molecule has 7 heteroatoms. The van der Waals surface area contributed by atoms with Gasteiger partial charge in [0.15, 0.2) is 10.9 Å². The number of carbonyl (C=O) groups excluding carboxylic acids is 1. The molecular formula is C17H22N4O2S. The first-order chi connectivity index (χ1) is 11.5. The Bertz CT molecular complexity index is 725. The van der Waals surface area contributed by atoms with Crippen molar-refractivity contribution >= 4 is 23.5 Å². The van der Waals surface area contributed by atoms with Gasteiger partial charge >= 0.3 is 0 Å². The molecule has 3 rings (SSSR count). The molecule has 0 spiro atoms. The van der Waals surface area contributed by atoms with Gasteiger partial charge in [-0.25, -0.2) is 9.97 Å². The second-order valence-corrected chi connectivity index (χ2v) is 6.99. The van der Waals surface area contributed by atoms with Crippen LogP contribution >= 0.6 is 11.8 Å². The molecule has 1 aliphatic carbocycles. The summed E-state index contributed by atoms with van der Waals surface area (Å²) < 4.78 is 5.63. The summed E-state index contributed by atoms with van der Waals surface area (Å²) in [7, 11) is 3.93. The highest BCUT2D eigenvalue weighted by Gasteiger charge is 2.25. The van der Waals surface area contributed by atoms with Crippen LogP contribution in [0.4, 0.5) is 5.82 Å². The smallest absolute Gasteiger partial charge is 0.287 e. The quantitative estimate of drug-likeness (QED) is 0.614. The van der Waals surface area contributed by atoms with Crippen molar-refractivity contribution in [1.82, 2.24) is 15.3 Å². The van der Waals surface area contributed by atoms with Crippen LogP contribution in [0.2, 0.25) is 0 Å². The zero-order chi connectivity index (χ0) is 17.1. The normalized spacial score (nSPS) is 13.8. The molecule has 0 saturated heterocycles. The van der Waals surface area contributed by atoms with Gasteiger partial charge in [0.2, 0.25) is 0 Å². The van der Waals surface area contributed by atoms with Crippen LogP contribution in [0.25, 0.3) is 0 Å². The van der Waals surface area contributed by atoms with Crippen LogP contribution in [0.5, 0.6) is 0 Å². The highest BCUT2D eigenvalue weighted by atomic mass is 32.2. The summed E-state index contributed by atoms with van der Waals surface area (Å²) >= 11 is 1.51. The number of rotatable bonds is 7. The number of hydrogen-bond acceptors (Lipinski definition) is 6. The molecule has 2 heterocycles. The van der Waals surface area contributed by atoms with Gasteiger partial charge in [0.1, 0.15) is 11.6 Å². The standard InChI is InChI=1S/C17H22N4O2S/c1-4-11-9-15(21(2)3)20-17(19-11)24-10-13-7-8-14(23-13)16(22)18-12-5-6-12/h7-9,12H,4-6,10H2,1-3H3,(H,18,22). The summed E-state index contributed by atoms with van der Waals surface area (Å²) in [6.45, 7) is 2.08. The third-order valence-electron chi connectivity index (χ3n) is 3.71. The highest BCUT2D eigenvalue weighted by Crippen LogP contribution is 2.24. The summed E-state index contributed by atoms with van der Waals surface area (Å²) in [4.78, 5) is 23.0. The predicted molar refractivity (Wildman–Crippen MR) is 94.5 cm³/mol. The molecule has 128 valence electrons. The molecule has 24 heavy (non-hydrogen) atoms. The summed E-state index contributed by atoms with van der Waals surface area (Å²) in [6, 6.07) is 5.89. The second kappa shape index (κ2) is 7.25. The van der Waals surface area contributed by atoms with Crippen LogP contribution in [0.3, 0.4) is 0 Å². The van der Waals surface area contributed by atoms with Gasteiger partial charge < -0.3 is 14.6 Å². The highest BCUT2D eigenvalue weighted by molar-refractivity contribution is 7.98. The largest absolute Gasteiger partial charge is 0.455 e. The SMILES string of the molecule is CCc1cc(N(C)C)nc(SCc2ccc(C(=O)NC3CC3)o2)n1. The Morgan fingerprint density at radius 1 is 1.38 bits per heavy atom. The fraction of sp³-hybridized carbons (Fsp3) is 0.471. The van der Waals surface area contributed by atoms with E-state index in [0.717, 1.165) is 41.7 Å². The first kappa shape index (κ1) is 16.8. The zero-order valence-corrected chi connectivity index (χ0v) is 15.0. The molecule has 2 aromatic heterocycles. The Balaban J connectivity index is 1.64. The Labute approximate surface area is 146 Å². The number of thioether (sulfide) groups is 1. The summed E-state index contributed by atoms with van der Waals surface area (Å²) in [5.74, 6) is 2.48. The van der Waals surface area contributed by atoms with E-state index in [1.807, 2.05) is 31.1 Å². The minimum absolute atomic E-state index is 0.132. The summed E-state index contributed by atoms with van der Waals surface area (Å²) in [5, 5.41) is 3.64. The lowest BCUT2D eigenvalue weighted by molar-refractivity contribution is 0.0922. The third kappa shape index (κ3) is 4.29. The molecule has 1 saturated carbocycles. The molecule has 0 bridgehead atoms. The number of nitrogens with one attached hydrogen (secondary N) is 1. The van der Waals surface area contributed by atoms with E-state index in [9.17, 15) is 4.79 Å². The topological polar surface area (TPSA) is 71.3 Å². The molecule has 0 aliphatic heterocycles. The lowest BCUT2D eigenvalue weighted by atomic mass is 10.3. The van der Waals surface area contributed by atoms with Gasteiger partial charge in [-0.3, -0.25) is 4.79 Å². The Kier molecular flexibility index (Phi) is 5.08. The molecule has 0 unspecified atom stereocenters. The van der Waals surface area contributed by atoms with Crippen molar-refractivity contribution in [2.45, 2.75) is 43.1 Å². The number of anilines is 1. The van der Waals surface area contributed by atoms with E-state index in [4.69, 9.17) is 4.42 Å². The second-order valence-electron chi connectivity index (χ2n) is 6.05. The molecule has 2 aromatic rings. The van der Waals surface area contributed by atoms with Gasteiger partial charge in [-0.05, 0) is 31.4 Å². The average molecular weight is 346 g/mol. The maximum absolute atomic E-state index is 11.9. The lowest BCUT2D eigenvalue weighted by Crippen LogP contribution is -2.24. The van der Waals surface area contributed by atoms with Crippen LogP contribution in [0.1, 0.15) is 41.8 Å². The van der Waals surface area contributed by atoms with Gasteiger partial charge in [-0.15, -0.1) is 0 Å². The first-order valence-electron chi connectivity index (χ1n) is 8.13. The predicted octanol–water partition coefficient (Wildman–Crippen LogP) is 2.88. The van der Waals surface area contributed by atoms with Crippen molar-refractivity contribution in [2.75, 3.05) is 19.0 Å². The number of hydrogen-bond donors (Lipinski definition) is 1. The number of aromatic nitrogens is 2. The Morgan fingerprint density at radius 2 is 2.17 bits per heavy atom. The van der Waals surface area contributed by atoms with E-state index in [1.54, 1.807) is 6.07 Å². The van der Waals surface area contributed by atoms with Crippen molar-refractivity contribution in [3.63, 3.8) is 0 Å². The maximum atomic E-state index is 11.9. The van der Waals surface area contributed by atoms with Gasteiger partial charge in [-0.2, -0.15) is 0 Å². The monoisotopic (exact) mass is 346 g/mol. The van der Waals surface area contributed by atoms with Gasteiger partial charge in [0.25, 0.3) is 5.91 Å². The lowest BCUT2D eigenvalue weighted by Gasteiger charge is -2.13. The first-order valence-corrected chi connectivity index (χ1v) is 9.11. The fourth-order valence-corrected chi connectivity index (χ4v) is 2.90. The van der Waals surface area contributed by atoms with Gasteiger partial charge in [0.05, 0.1) is 5.75 Å². The molecule has 1 N–H and O–H groups in total. The Morgan fingerprint density at radius 3 is 2.83 bits per heavy atom. The van der Waals surface area contributed by atoms with Crippen LogP contribution in [-0.2, 0) is 12.2 Å². The zero-order valence-electron chi connectivity index (χ0n) is 14.2. The fourth-order valence-electron chi connectivity index (χ4n) is 2.13. The molecule has 0 radical (unpaired) electrons. The maximum Gasteiger partial charge on any atom is 0.287 e. The van der Waals surface area contributed by atoms with E-state index < -0.39 is 0 Å². The van der Waals surface area contributed by atoms with Crippen LogP contribution in [0.15, 0.2) is 27.8 Å².